The number of hydrogen-bond acceptors (Lipinski definition) is 5. The van der Waals surface area contributed by atoms with Gasteiger partial charge in [0.05, 0.1) is 13.3 Å². The molecule has 8 heteroatoms. The van der Waals surface area contributed by atoms with Crippen LogP contribution in [0.1, 0.15) is 18.4 Å². The Morgan fingerprint density at radius 3 is 2.55 bits per heavy atom. The average Bonchev–Trinajstić information content (AvgIpc) is 2.72. The van der Waals surface area contributed by atoms with Gasteiger partial charge in [-0.05, 0) is 36.4 Å². The highest BCUT2D eigenvalue weighted by molar-refractivity contribution is 5.93. The SMILES string of the molecule is C=CCOc1c(C=NNC(=O)CCC(=O)Nc2ccc(F)cc2)cccc1OC. The molecule has 0 spiro atoms. The zero-order chi connectivity index (χ0) is 21.1. The Labute approximate surface area is 168 Å². The Morgan fingerprint density at radius 1 is 1.14 bits per heavy atom. The van der Waals surface area contributed by atoms with Crippen molar-refractivity contribution in [2.45, 2.75) is 12.8 Å². The Hall–Kier alpha value is -3.68. The Kier molecular flexibility index (Phi) is 8.37. The Balaban J connectivity index is 1.85. The highest BCUT2D eigenvalue weighted by Gasteiger charge is 2.10. The number of para-hydroxylation sites is 1. The molecule has 0 fully saturated rings. The van der Waals surface area contributed by atoms with E-state index in [1.807, 2.05) is 0 Å². The first-order chi connectivity index (χ1) is 14.0. The monoisotopic (exact) mass is 399 g/mol. The Morgan fingerprint density at radius 2 is 1.86 bits per heavy atom. The first-order valence-electron chi connectivity index (χ1n) is 8.81. The fraction of sp³-hybridized carbons (Fsp3) is 0.190. The molecular weight excluding hydrogens is 377 g/mol. The van der Waals surface area contributed by atoms with Gasteiger partial charge in [0.2, 0.25) is 11.8 Å². The van der Waals surface area contributed by atoms with Crippen LogP contribution in [-0.2, 0) is 9.59 Å². The molecule has 0 atom stereocenters. The van der Waals surface area contributed by atoms with E-state index in [2.05, 4.69) is 22.4 Å². The van der Waals surface area contributed by atoms with Crippen molar-refractivity contribution in [2.24, 2.45) is 5.10 Å². The second-order valence-electron chi connectivity index (χ2n) is 5.83. The standard InChI is InChI=1S/C21H22FN3O4/c1-3-13-29-21-15(5-4-6-18(21)28-2)14-23-25-20(27)12-11-19(26)24-17-9-7-16(22)8-10-17/h3-10,14H,1,11-13H2,2H3,(H,24,26)(H,25,27). The molecular formula is C21H22FN3O4. The number of hydrogen-bond donors (Lipinski definition) is 2. The molecule has 2 aromatic rings. The molecule has 2 aromatic carbocycles. The summed E-state index contributed by atoms with van der Waals surface area (Å²) in [6, 6.07) is 10.6. The number of nitrogens with zero attached hydrogens (tertiary/aromatic N) is 1. The van der Waals surface area contributed by atoms with Crippen molar-refractivity contribution in [3.8, 4) is 11.5 Å². The van der Waals surface area contributed by atoms with Crippen LogP contribution in [-0.4, -0.2) is 31.7 Å². The number of amides is 2. The zero-order valence-corrected chi connectivity index (χ0v) is 16.0. The van der Waals surface area contributed by atoms with Crippen molar-refractivity contribution >= 4 is 23.7 Å². The highest BCUT2D eigenvalue weighted by Crippen LogP contribution is 2.30. The van der Waals surface area contributed by atoms with Crippen molar-refractivity contribution in [3.63, 3.8) is 0 Å². The van der Waals surface area contributed by atoms with Crippen LogP contribution in [0.25, 0.3) is 0 Å². The van der Waals surface area contributed by atoms with Gasteiger partial charge in [-0.3, -0.25) is 9.59 Å². The van der Waals surface area contributed by atoms with Crippen molar-refractivity contribution in [1.29, 1.82) is 0 Å². The van der Waals surface area contributed by atoms with E-state index in [-0.39, 0.29) is 25.4 Å². The maximum absolute atomic E-state index is 12.8. The molecule has 0 aliphatic carbocycles. The van der Waals surface area contributed by atoms with Gasteiger partial charge < -0.3 is 14.8 Å². The lowest BCUT2D eigenvalue weighted by Crippen LogP contribution is -2.20. The van der Waals surface area contributed by atoms with E-state index in [4.69, 9.17) is 9.47 Å². The molecule has 7 nitrogen and oxygen atoms in total. The number of rotatable bonds is 10. The van der Waals surface area contributed by atoms with Gasteiger partial charge in [0.1, 0.15) is 12.4 Å². The summed E-state index contributed by atoms with van der Waals surface area (Å²) in [5.74, 6) is -0.170. The number of halogens is 1. The van der Waals surface area contributed by atoms with Crippen LogP contribution in [0.5, 0.6) is 11.5 Å². The third-order valence-electron chi connectivity index (χ3n) is 3.67. The molecule has 0 saturated carbocycles. The van der Waals surface area contributed by atoms with Gasteiger partial charge >= 0.3 is 0 Å². The predicted molar refractivity (Wildman–Crippen MR) is 109 cm³/mol. The predicted octanol–water partition coefficient (Wildman–Crippen LogP) is 3.27. The van der Waals surface area contributed by atoms with E-state index in [9.17, 15) is 14.0 Å². The molecule has 2 amide bonds. The van der Waals surface area contributed by atoms with E-state index in [0.29, 0.717) is 22.7 Å². The van der Waals surface area contributed by atoms with Crippen LogP contribution >= 0.6 is 0 Å². The number of anilines is 1. The summed E-state index contributed by atoms with van der Waals surface area (Å²) in [5, 5.41) is 6.48. The number of ether oxygens (including phenoxy) is 2. The summed E-state index contributed by atoms with van der Waals surface area (Å²) >= 11 is 0. The fourth-order valence-corrected chi connectivity index (χ4v) is 2.31. The minimum atomic E-state index is -0.424. The highest BCUT2D eigenvalue weighted by atomic mass is 19.1. The van der Waals surface area contributed by atoms with Gasteiger partial charge in [-0.1, -0.05) is 18.7 Å². The van der Waals surface area contributed by atoms with Crippen LogP contribution < -0.4 is 20.2 Å². The second kappa shape index (κ2) is 11.2. The van der Waals surface area contributed by atoms with Crippen LogP contribution in [0.15, 0.2) is 60.2 Å². The van der Waals surface area contributed by atoms with Gasteiger partial charge in [-0.15, -0.1) is 0 Å². The summed E-state index contributed by atoms with van der Waals surface area (Å²) in [5.41, 5.74) is 3.43. The molecule has 152 valence electrons. The van der Waals surface area contributed by atoms with Crippen molar-refractivity contribution in [1.82, 2.24) is 5.43 Å². The number of benzene rings is 2. The first-order valence-corrected chi connectivity index (χ1v) is 8.81. The molecule has 0 aliphatic rings. The normalized spacial score (nSPS) is 10.4. The van der Waals surface area contributed by atoms with E-state index in [1.165, 1.54) is 37.6 Å². The third-order valence-corrected chi connectivity index (χ3v) is 3.67. The van der Waals surface area contributed by atoms with Gasteiger partial charge in [-0.2, -0.15) is 5.10 Å². The quantitative estimate of drug-likeness (QED) is 0.365. The van der Waals surface area contributed by atoms with E-state index in [0.717, 1.165) is 0 Å². The minimum absolute atomic E-state index is 0.0361. The zero-order valence-electron chi connectivity index (χ0n) is 16.0. The van der Waals surface area contributed by atoms with Gasteiger partial charge in [0, 0.05) is 24.1 Å². The van der Waals surface area contributed by atoms with Crippen LogP contribution in [0.2, 0.25) is 0 Å². The van der Waals surface area contributed by atoms with Gasteiger partial charge in [0.25, 0.3) is 0 Å². The molecule has 0 saturated heterocycles. The Bertz CT molecular complexity index is 882. The van der Waals surface area contributed by atoms with E-state index >= 15 is 0 Å². The number of methoxy groups -OCH3 is 1. The molecule has 0 aliphatic heterocycles. The molecule has 0 aromatic heterocycles. The summed E-state index contributed by atoms with van der Waals surface area (Å²) in [4.78, 5) is 23.7. The minimum Gasteiger partial charge on any atom is -0.493 e. The largest absolute Gasteiger partial charge is 0.493 e. The lowest BCUT2D eigenvalue weighted by molar-refractivity contribution is -0.124. The number of carbonyl (C=O) groups is 2. The van der Waals surface area contributed by atoms with Gasteiger partial charge in [-0.25, -0.2) is 9.82 Å². The van der Waals surface area contributed by atoms with Crippen LogP contribution in [0, 0.1) is 5.82 Å². The number of nitrogens with one attached hydrogen (secondary N) is 2. The molecule has 0 heterocycles. The summed E-state index contributed by atoms with van der Waals surface area (Å²) in [6.07, 6.45) is 2.94. The summed E-state index contributed by atoms with van der Waals surface area (Å²) < 4.78 is 23.7. The molecule has 2 rings (SSSR count). The fourth-order valence-electron chi connectivity index (χ4n) is 2.31. The van der Waals surface area contributed by atoms with Crippen molar-refractivity contribution < 1.29 is 23.5 Å². The third kappa shape index (κ3) is 7.10. The van der Waals surface area contributed by atoms with E-state index in [1.54, 1.807) is 24.3 Å². The topological polar surface area (TPSA) is 89.0 Å². The maximum Gasteiger partial charge on any atom is 0.240 e. The number of hydrazone groups is 1. The van der Waals surface area contributed by atoms with Crippen LogP contribution in [0.4, 0.5) is 10.1 Å². The first kappa shape index (κ1) is 21.6. The maximum atomic E-state index is 12.8. The smallest absolute Gasteiger partial charge is 0.240 e. The number of carbonyl (C=O) groups excluding carboxylic acids is 2. The van der Waals surface area contributed by atoms with E-state index < -0.39 is 11.7 Å². The lowest BCUT2D eigenvalue weighted by atomic mass is 10.2. The second-order valence-corrected chi connectivity index (χ2v) is 5.83. The molecule has 0 unspecified atom stereocenters. The van der Waals surface area contributed by atoms with Crippen molar-refractivity contribution in [2.75, 3.05) is 19.0 Å². The van der Waals surface area contributed by atoms with Crippen molar-refractivity contribution in [3.05, 3.63) is 66.5 Å². The van der Waals surface area contributed by atoms with Gasteiger partial charge in [0.15, 0.2) is 11.5 Å². The lowest BCUT2D eigenvalue weighted by Gasteiger charge is -2.11. The molecule has 0 radical (unpaired) electrons. The summed E-state index contributed by atoms with van der Waals surface area (Å²) in [6.45, 7) is 3.89. The summed E-state index contributed by atoms with van der Waals surface area (Å²) in [7, 11) is 1.52. The molecule has 0 bridgehead atoms. The van der Waals surface area contributed by atoms with Crippen LogP contribution in [0.3, 0.4) is 0 Å². The average molecular weight is 399 g/mol. The molecule has 2 N–H and O–H groups in total. The molecule has 29 heavy (non-hydrogen) atoms.